The van der Waals surface area contributed by atoms with Crippen molar-refractivity contribution in [3.05, 3.63) is 226 Å². The van der Waals surface area contributed by atoms with Gasteiger partial charge >= 0.3 is 18.3 Å². The van der Waals surface area contributed by atoms with Gasteiger partial charge in [0.15, 0.2) is 5.78 Å². The molecule has 2 heterocycles. The van der Waals surface area contributed by atoms with Gasteiger partial charge in [0.25, 0.3) is 5.91 Å². The molecular weight excluding hydrogens is 1660 g/mol. The molecule has 29 nitrogen and oxygen atoms in total. The number of amides is 1. The Labute approximate surface area is 718 Å². The van der Waals surface area contributed by atoms with E-state index in [1.807, 2.05) is 83.1 Å². The number of Topliss-reactive ketones (excluding diaryl/α,β-unsaturated/α-hetero) is 1. The van der Waals surface area contributed by atoms with Crippen molar-refractivity contribution in [2.45, 2.75) is 242 Å². The van der Waals surface area contributed by atoms with E-state index in [-0.39, 0.29) is 78.9 Å². The number of nitrogens with zero attached hydrogens (tertiary/aromatic N) is 1. The zero-order chi connectivity index (χ0) is 90.7. The first-order chi connectivity index (χ1) is 57.5. The molecule has 2 saturated heterocycles. The fourth-order valence-corrected chi connectivity index (χ4v) is 24.9. The van der Waals surface area contributed by atoms with Crippen LogP contribution < -0.4 is 34.1 Å². The van der Waals surface area contributed by atoms with Crippen LogP contribution in [-0.4, -0.2) is 171 Å². The van der Waals surface area contributed by atoms with E-state index in [1.165, 1.54) is 0 Å². The molecule has 1 amide bonds. The Morgan fingerprint density at radius 3 is 1.18 bits per heavy atom. The van der Waals surface area contributed by atoms with Gasteiger partial charge in [-0.2, -0.15) is 19.2 Å². The van der Waals surface area contributed by atoms with E-state index in [9.17, 15) is 73.6 Å². The average Bonchev–Trinajstić information content (AvgIpc) is 1.55. The number of carbonyl (C=O) groups is 3. The van der Waals surface area contributed by atoms with Gasteiger partial charge < -0.3 is 50.4 Å². The van der Waals surface area contributed by atoms with Crippen LogP contribution in [-0.2, 0) is 91.5 Å². The van der Waals surface area contributed by atoms with E-state index in [0.29, 0.717) is 100 Å². The molecule has 0 bridgehead atoms. The smallest absolute Gasteiger partial charge is 0.373 e. The highest BCUT2D eigenvalue weighted by Gasteiger charge is 2.67. The number of esters is 1. The van der Waals surface area contributed by atoms with Crippen molar-refractivity contribution < 1.29 is 107 Å². The Morgan fingerprint density at radius 1 is 0.439 bits per heavy atom. The second-order valence-electron chi connectivity index (χ2n) is 34.6. The number of hydrogen-bond acceptors (Lipinski definition) is 24. The fraction of sp³-hybridized carbons (Fsp3) is 0.456. The molecule has 15 atom stereocenters. The third-order valence-corrected chi connectivity index (χ3v) is 31.8. The summed E-state index contributed by atoms with van der Waals surface area (Å²) in [5.74, 6) is -0.122. The summed E-state index contributed by atoms with van der Waals surface area (Å²) in [7, 11) is -11.6. The molecule has 8 aliphatic carbocycles. The van der Waals surface area contributed by atoms with Crippen LogP contribution in [0.4, 0.5) is 0 Å². The Morgan fingerprint density at radius 2 is 0.780 bits per heavy atom. The van der Waals surface area contributed by atoms with Gasteiger partial charge in [-0.25, -0.2) is 57.4 Å². The normalized spacial score (nSPS) is 30.3. The van der Waals surface area contributed by atoms with E-state index in [4.69, 9.17) is 39.1 Å². The fourth-order valence-electron chi connectivity index (χ4n) is 19.4. The molecule has 4 unspecified atom stereocenters. The van der Waals surface area contributed by atoms with Gasteiger partial charge in [-0.1, -0.05) is 119 Å². The lowest BCUT2D eigenvalue weighted by Gasteiger charge is -2.44. The van der Waals surface area contributed by atoms with Crippen LogP contribution >= 0.6 is 0 Å². The number of benzene rings is 6. The molecule has 16 rings (SSSR count). The Hall–Kier alpha value is -9.35. The quantitative estimate of drug-likeness (QED) is 0.0303. The maximum Gasteiger partial charge on any atom is 0.373 e. The van der Waals surface area contributed by atoms with Gasteiger partial charge in [0.1, 0.15) is 40.0 Å². The Bertz CT molecular complexity index is 5570. The highest BCUT2D eigenvalue weighted by molar-refractivity contribution is 7.90. The number of ether oxygens (including phenoxy) is 3. The summed E-state index contributed by atoms with van der Waals surface area (Å²) in [4.78, 5) is 72.8. The number of carbonyl (C=O) groups excluding carboxylic acids is 7. The van der Waals surface area contributed by atoms with Crippen LogP contribution in [0.3, 0.4) is 0 Å². The summed E-state index contributed by atoms with van der Waals surface area (Å²) in [5.41, 5.74) is 4.38. The lowest BCUT2D eigenvalue weighted by atomic mass is 9.70. The lowest BCUT2D eigenvalue weighted by Crippen LogP contribution is -2.55. The van der Waals surface area contributed by atoms with Crippen molar-refractivity contribution in [2.75, 3.05) is 14.2 Å². The molecule has 2 aliphatic heterocycles. The number of ketones is 1. The number of sulfonamides is 4. The maximum absolute atomic E-state index is 13.5. The minimum atomic E-state index is -3.80. The monoisotopic (exact) mass is 1770 g/mol. The number of aliphatic hydroxyl groups is 5. The van der Waals surface area contributed by atoms with Gasteiger partial charge in [0.2, 0.25) is 40.1 Å². The molecule has 6 fully saturated rings. The van der Waals surface area contributed by atoms with E-state index in [1.54, 1.807) is 175 Å². The second kappa shape index (κ2) is 37.1. The van der Waals surface area contributed by atoms with Crippen LogP contribution in [0.5, 0.6) is 11.5 Å². The number of hydrogen-bond donors (Lipinski definition) is 10. The van der Waals surface area contributed by atoms with Crippen molar-refractivity contribution >= 4 is 70.1 Å². The summed E-state index contributed by atoms with van der Waals surface area (Å²) in [6.45, 7) is 19.2. The summed E-state index contributed by atoms with van der Waals surface area (Å²) in [6, 6.07) is 41.6. The summed E-state index contributed by atoms with van der Waals surface area (Å²) in [6.07, 6.45) is 12.4. The lowest BCUT2D eigenvalue weighted by molar-refractivity contribution is -0.193. The number of likely N-dealkylation sites (tertiary alicyclic amines) is 1. The zero-order valence-corrected chi connectivity index (χ0v) is 74.1. The number of nitrogens with two attached hydrogens (primary N) is 1. The minimum absolute atomic E-state index is 0.150. The maximum atomic E-state index is 13.5. The summed E-state index contributed by atoms with van der Waals surface area (Å²) in [5, 5.41) is 54.4. The number of fused-ring (bicyclic) bond motifs is 2. The largest absolute Gasteiger partial charge is 0.497 e. The van der Waals surface area contributed by atoms with Crippen LogP contribution in [0, 0.1) is 51.4 Å². The van der Waals surface area contributed by atoms with Crippen molar-refractivity contribution in [1.29, 1.82) is 0 Å². The van der Waals surface area contributed by atoms with Gasteiger partial charge in [-0.15, -0.1) is 0 Å². The third kappa shape index (κ3) is 20.3. The van der Waals surface area contributed by atoms with Crippen LogP contribution in [0.15, 0.2) is 212 Å². The van der Waals surface area contributed by atoms with E-state index < -0.39 is 103 Å². The number of nitrogens with one attached hydrogen (secondary N) is 4. The number of rotatable bonds is 17. The first kappa shape index (κ1) is 95.9. The molecule has 0 radical (unpaired) electrons. The standard InChI is InChI=1S/C26H30N2O5S.C18H21NO5S.C18H25NO4S.C18H23NO4S.C8H11NO.2CO2/c1-17-4-11-21(12-5-17)34(31,32)27-25(2)14-19-8-13-23-26(19,30)22(15-25)24(29)28(23)16-18-6-9-20(33-3)10-7-18;1-11-3-6-13(7-4-11)25(22,23)19-17(2)9-12-5-8-15-18(12,21)14(10-17)16(20)24-15;2*1-12-4-7-15(8-5-12)24(22,23)19-17(3)10-13(2)18(21)14(11-17)6-9-16(18)20;1-10-8-4-2-7(6-9)3-5-8;2*2-1-3/h4-7,9-12,15,19,23,27,30H,8,13-14,16H2,1-3H3;3-4,6-7,10,12,15,19,21H,5,8-9H2,1-2H3;4-5,7-8,10,14,16,19-21H,6,9,11H2,1-3H3;4-5,7-8,10,14,19,21H,6,9,11H2,1-3H3;2-5H,6,9H2,1H3;;/t19?,23-,25-,26+;12?,15-,17-,18+;14?,16-,17+,18-;14?,17-,18+;;;/m1110.../s1. The van der Waals surface area contributed by atoms with E-state index >= 15 is 0 Å². The molecular formula is C90H110N6O23S4. The highest BCUT2D eigenvalue weighted by Crippen LogP contribution is 2.57. The predicted octanol–water partition coefficient (Wildman–Crippen LogP) is 8.31. The first-order valence-corrected chi connectivity index (χ1v) is 46.3. The zero-order valence-electron chi connectivity index (χ0n) is 70.8. The molecule has 11 N–H and O–H groups in total. The Kier molecular flexibility index (Phi) is 28.9. The van der Waals surface area contributed by atoms with Gasteiger partial charge in [-0.05, 0) is 253 Å². The van der Waals surface area contributed by atoms with Crippen LogP contribution in [0.25, 0.3) is 0 Å². The molecule has 10 aliphatic rings. The molecule has 4 saturated carbocycles. The summed E-state index contributed by atoms with van der Waals surface area (Å²) >= 11 is 0. The van der Waals surface area contributed by atoms with Crippen molar-refractivity contribution in [3.63, 3.8) is 0 Å². The third-order valence-electron chi connectivity index (χ3n) is 25.3. The topological polar surface area (TPSA) is 462 Å². The minimum Gasteiger partial charge on any atom is -0.497 e. The highest BCUT2D eigenvalue weighted by atomic mass is 32.2. The number of aryl methyl sites for hydroxylation is 4. The van der Waals surface area contributed by atoms with Crippen molar-refractivity contribution in [1.82, 2.24) is 23.8 Å². The average molecular weight is 1770 g/mol. The molecule has 662 valence electrons. The molecule has 6 aromatic carbocycles. The molecule has 33 heteroatoms. The van der Waals surface area contributed by atoms with Gasteiger partial charge in [0.05, 0.1) is 51.5 Å². The molecule has 0 spiro atoms. The van der Waals surface area contributed by atoms with E-state index in [0.717, 1.165) is 51.3 Å². The SMILES string of the molecule is CC1=C[C@](C)(NS(=O)(=O)c2ccc(C)cc2)CC2CCC(=O)[C@@]12O.CC1=C[C@](C)(NS(=O)(=O)c2ccc(C)cc2)CC2CC[C@@H](O)[C@@]12O.COc1ccc(CN)cc1.COc1ccc(CN2C(=O)C3=C[C@](C)(NS(=O)(=O)c4ccc(C)cc4)CC4CC[C@@H]2[C@@]34O)cc1.Cc1ccc(S(=O)(=O)N[C@@]2(C)C=C3C(=O)O[C@@H]4CCC(C2)[C@]34O)cc1.O=C=O.O=C=O. The predicted molar refractivity (Wildman–Crippen MR) is 452 cm³/mol. The van der Waals surface area contributed by atoms with Crippen molar-refractivity contribution in [2.24, 2.45) is 29.4 Å². The number of methoxy groups -OCH3 is 2. The van der Waals surface area contributed by atoms with Gasteiger partial charge in [0, 0.05) is 53.2 Å². The number of aliphatic hydroxyl groups excluding tert-OH is 1. The first-order valence-electron chi connectivity index (χ1n) is 40.4. The molecule has 6 aromatic rings. The second-order valence-corrected chi connectivity index (χ2v) is 41.3. The summed E-state index contributed by atoms with van der Waals surface area (Å²) < 4.78 is 129. The van der Waals surface area contributed by atoms with E-state index in [2.05, 4.69) is 18.9 Å². The van der Waals surface area contributed by atoms with Crippen LogP contribution in [0.1, 0.15) is 152 Å². The van der Waals surface area contributed by atoms with Crippen molar-refractivity contribution in [3.8, 4) is 11.5 Å². The Balaban J connectivity index is 0.000000163. The van der Waals surface area contributed by atoms with Gasteiger partial charge in [-0.3, -0.25) is 9.59 Å². The molecule has 0 aromatic heterocycles. The van der Waals surface area contributed by atoms with Crippen LogP contribution in [0.2, 0.25) is 0 Å². The molecule has 123 heavy (non-hydrogen) atoms.